The number of nitrogens with zero attached hydrogens (tertiary/aromatic N) is 4. The predicted molar refractivity (Wildman–Crippen MR) is 79.3 cm³/mol. The van der Waals surface area contributed by atoms with E-state index < -0.39 is 0 Å². The first-order valence-corrected chi connectivity index (χ1v) is 7.34. The van der Waals surface area contributed by atoms with E-state index in [4.69, 9.17) is 4.74 Å². The van der Waals surface area contributed by atoms with Crippen molar-refractivity contribution in [3.63, 3.8) is 0 Å². The topological polar surface area (TPSA) is 91.0 Å². The summed E-state index contributed by atoms with van der Waals surface area (Å²) in [6, 6.07) is -0.0687. The summed E-state index contributed by atoms with van der Waals surface area (Å²) in [6.45, 7) is 2.60. The maximum atomic E-state index is 12.3. The molecular formula is C14H19N5O3. The molecule has 1 amide bonds. The Kier molecular flexibility index (Phi) is 3.93. The van der Waals surface area contributed by atoms with Crippen molar-refractivity contribution in [1.82, 2.24) is 24.6 Å². The molecule has 2 aromatic rings. The standard InChI is InChI=1S/C14H19N5O3/c1-9(11-4-3-5-22-11)17-12(20)7-19-8-15-13-10(14(19)21)6-16-18(13)2/h6,8-9,11H,3-5,7H2,1-2H3,(H,17,20)/t9-,11-/m0/s1. The molecule has 0 saturated carbocycles. The van der Waals surface area contributed by atoms with Gasteiger partial charge in [0.15, 0.2) is 5.65 Å². The Morgan fingerprint density at radius 3 is 3.14 bits per heavy atom. The number of fused-ring (bicyclic) bond motifs is 1. The molecule has 22 heavy (non-hydrogen) atoms. The highest BCUT2D eigenvalue weighted by Gasteiger charge is 2.23. The zero-order valence-electron chi connectivity index (χ0n) is 12.7. The summed E-state index contributed by atoms with van der Waals surface area (Å²) in [5.41, 5.74) is 0.243. The van der Waals surface area contributed by atoms with Crippen molar-refractivity contribution in [3.8, 4) is 0 Å². The van der Waals surface area contributed by atoms with Gasteiger partial charge in [-0.1, -0.05) is 0 Å². The van der Waals surface area contributed by atoms with E-state index in [2.05, 4.69) is 15.4 Å². The van der Waals surface area contributed by atoms with E-state index in [1.165, 1.54) is 21.8 Å². The van der Waals surface area contributed by atoms with Crippen LogP contribution in [0.2, 0.25) is 0 Å². The van der Waals surface area contributed by atoms with Crippen LogP contribution in [0.25, 0.3) is 11.0 Å². The SMILES string of the molecule is C[C@H](NC(=O)Cn1cnc2c(cnn2C)c1=O)[C@@H]1CCCO1. The Morgan fingerprint density at radius 2 is 2.41 bits per heavy atom. The van der Waals surface area contributed by atoms with Gasteiger partial charge in [0.05, 0.1) is 18.3 Å². The molecule has 0 aromatic carbocycles. The number of aryl methyl sites for hydroxylation is 1. The average Bonchev–Trinajstić information content (AvgIpc) is 3.12. The summed E-state index contributed by atoms with van der Waals surface area (Å²) in [5.74, 6) is -0.227. The normalized spacial score (nSPS) is 19.5. The predicted octanol–water partition coefficient (Wildman–Crippen LogP) is -0.186. The summed E-state index contributed by atoms with van der Waals surface area (Å²) in [4.78, 5) is 28.6. The molecule has 1 fully saturated rings. The zero-order valence-corrected chi connectivity index (χ0v) is 12.7. The van der Waals surface area contributed by atoms with Crippen molar-refractivity contribution in [2.24, 2.45) is 7.05 Å². The molecule has 1 aliphatic heterocycles. The van der Waals surface area contributed by atoms with Gasteiger partial charge in [-0.2, -0.15) is 5.10 Å². The number of hydrogen-bond donors (Lipinski definition) is 1. The maximum absolute atomic E-state index is 12.3. The smallest absolute Gasteiger partial charge is 0.264 e. The summed E-state index contributed by atoms with van der Waals surface area (Å²) >= 11 is 0. The molecule has 3 rings (SSSR count). The highest BCUT2D eigenvalue weighted by Crippen LogP contribution is 2.15. The van der Waals surface area contributed by atoms with Gasteiger partial charge in [0.25, 0.3) is 5.56 Å². The number of amides is 1. The van der Waals surface area contributed by atoms with Crippen LogP contribution >= 0.6 is 0 Å². The van der Waals surface area contributed by atoms with E-state index in [1.54, 1.807) is 7.05 Å². The van der Waals surface area contributed by atoms with Crippen molar-refractivity contribution in [2.75, 3.05) is 6.61 Å². The first kappa shape index (κ1) is 14.7. The molecule has 8 nitrogen and oxygen atoms in total. The quantitative estimate of drug-likeness (QED) is 0.845. The first-order chi connectivity index (χ1) is 10.6. The van der Waals surface area contributed by atoms with Gasteiger partial charge in [0.2, 0.25) is 5.91 Å². The summed E-state index contributed by atoms with van der Waals surface area (Å²) < 4.78 is 8.36. The molecule has 118 valence electrons. The second-order valence-electron chi connectivity index (χ2n) is 5.59. The fourth-order valence-corrected chi connectivity index (χ4v) is 2.72. The van der Waals surface area contributed by atoms with E-state index in [9.17, 15) is 9.59 Å². The largest absolute Gasteiger partial charge is 0.376 e. The monoisotopic (exact) mass is 305 g/mol. The highest BCUT2D eigenvalue weighted by atomic mass is 16.5. The Hall–Kier alpha value is -2.22. The third-order valence-electron chi connectivity index (χ3n) is 3.94. The molecule has 8 heteroatoms. The van der Waals surface area contributed by atoms with E-state index in [-0.39, 0.29) is 30.2 Å². The third kappa shape index (κ3) is 2.74. The molecule has 0 radical (unpaired) electrons. The highest BCUT2D eigenvalue weighted by molar-refractivity contribution is 5.77. The maximum Gasteiger partial charge on any atom is 0.264 e. The molecule has 1 saturated heterocycles. The minimum Gasteiger partial charge on any atom is -0.376 e. The molecule has 3 heterocycles. The van der Waals surface area contributed by atoms with Crippen LogP contribution in [-0.4, -0.2) is 44.0 Å². The summed E-state index contributed by atoms with van der Waals surface area (Å²) in [7, 11) is 1.72. The van der Waals surface area contributed by atoms with Gasteiger partial charge in [-0.3, -0.25) is 18.8 Å². The van der Waals surface area contributed by atoms with Crippen LogP contribution in [0, 0.1) is 0 Å². The Labute approximate surface area is 127 Å². The fraction of sp³-hybridized carbons (Fsp3) is 0.571. The number of aromatic nitrogens is 4. The summed E-state index contributed by atoms with van der Waals surface area (Å²) in [5, 5.41) is 7.29. The fourth-order valence-electron chi connectivity index (χ4n) is 2.72. The van der Waals surface area contributed by atoms with E-state index in [1.807, 2.05) is 6.92 Å². The van der Waals surface area contributed by atoms with Gasteiger partial charge >= 0.3 is 0 Å². The minimum atomic E-state index is -0.266. The molecule has 0 aliphatic carbocycles. The number of nitrogens with one attached hydrogen (secondary N) is 1. The lowest BCUT2D eigenvalue weighted by molar-refractivity contribution is -0.123. The van der Waals surface area contributed by atoms with Crippen molar-refractivity contribution in [2.45, 2.75) is 38.5 Å². The average molecular weight is 305 g/mol. The van der Waals surface area contributed by atoms with Crippen LogP contribution in [0.5, 0.6) is 0 Å². The van der Waals surface area contributed by atoms with Crippen LogP contribution in [0.15, 0.2) is 17.3 Å². The van der Waals surface area contributed by atoms with E-state index >= 15 is 0 Å². The lowest BCUT2D eigenvalue weighted by atomic mass is 10.1. The summed E-state index contributed by atoms with van der Waals surface area (Å²) in [6.07, 6.45) is 4.87. The number of hydrogen-bond acceptors (Lipinski definition) is 5. The van der Waals surface area contributed by atoms with E-state index in [0.717, 1.165) is 19.4 Å². The van der Waals surface area contributed by atoms with Gasteiger partial charge in [-0.25, -0.2) is 4.98 Å². The lowest BCUT2D eigenvalue weighted by Gasteiger charge is -2.20. The second-order valence-corrected chi connectivity index (χ2v) is 5.59. The number of ether oxygens (including phenoxy) is 1. The second kappa shape index (κ2) is 5.88. The van der Waals surface area contributed by atoms with Gasteiger partial charge in [0.1, 0.15) is 18.3 Å². The molecule has 2 aromatic heterocycles. The van der Waals surface area contributed by atoms with Crippen LogP contribution < -0.4 is 10.9 Å². The molecule has 1 aliphatic rings. The van der Waals surface area contributed by atoms with Crippen molar-refractivity contribution in [3.05, 3.63) is 22.9 Å². The molecule has 0 spiro atoms. The van der Waals surface area contributed by atoms with Crippen LogP contribution in [0.4, 0.5) is 0 Å². The van der Waals surface area contributed by atoms with Crippen LogP contribution in [0.3, 0.4) is 0 Å². The van der Waals surface area contributed by atoms with Crippen LogP contribution in [-0.2, 0) is 23.1 Å². The number of carbonyl (C=O) groups is 1. The zero-order chi connectivity index (χ0) is 15.7. The Morgan fingerprint density at radius 1 is 1.59 bits per heavy atom. The van der Waals surface area contributed by atoms with Gasteiger partial charge < -0.3 is 10.1 Å². The van der Waals surface area contributed by atoms with Gasteiger partial charge in [0, 0.05) is 13.7 Å². The lowest BCUT2D eigenvalue weighted by Crippen LogP contribution is -2.43. The Balaban J connectivity index is 1.71. The Bertz CT molecular complexity index is 745. The van der Waals surface area contributed by atoms with E-state index in [0.29, 0.717) is 11.0 Å². The molecule has 1 N–H and O–H groups in total. The third-order valence-corrected chi connectivity index (χ3v) is 3.94. The van der Waals surface area contributed by atoms with Crippen LogP contribution in [0.1, 0.15) is 19.8 Å². The first-order valence-electron chi connectivity index (χ1n) is 7.34. The number of rotatable bonds is 4. The molecular weight excluding hydrogens is 286 g/mol. The molecule has 0 bridgehead atoms. The minimum absolute atomic E-state index is 0.0552. The van der Waals surface area contributed by atoms with Crippen molar-refractivity contribution >= 4 is 16.9 Å². The van der Waals surface area contributed by atoms with Crippen molar-refractivity contribution < 1.29 is 9.53 Å². The number of carbonyl (C=O) groups excluding carboxylic acids is 1. The molecule has 2 atom stereocenters. The van der Waals surface area contributed by atoms with Gasteiger partial charge in [-0.15, -0.1) is 0 Å². The van der Waals surface area contributed by atoms with Crippen molar-refractivity contribution in [1.29, 1.82) is 0 Å². The molecule has 0 unspecified atom stereocenters. The van der Waals surface area contributed by atoms with Gasteiger partial charge in [-0.05, 0) is 19.8 Å².